The minimum Gasteiger partial charge on any atom is -0.379 e. The van der Waals surface area contributed by atoms with Crippen LogP contribution in [0.1, 0.15) is 6.92 Å². The zero-order valence-electron chi connectivity index (χ0n) is 5.33. The lowest BCUT2D eigenvalue weighted by atomic mass is 10.5. The van der Waals surface area contributed by atoms with Gasteiger partial charge in [-0.2, -0.15) is 12.6 Å². The highest BCUT2D eigenvalue weighted by Gasteiger charge is 2.00. The first kappa shape index (κ1) is 8.27. The number of hydrogen-bond acceptors (Lipinski definition) is 3. The van der Waals surface area contributed by atoms with Crippen LogP contribution in [-0.2, 0) is 0 Å². The van der Waals surface area contributed by atoms with Crippen LogP contribution in [0.3, 0.4) is 0 Å². The third-order valence-electron chi connectivity index (χ3n) is 1.09. The molecule has 0 radical (unpaired) electrons. The number of rotatable bonds is 3. The van der Waals surface area contributed by atoms with E-state index in [0.29, 0.717) is 0 Å². The fourth-order valence-corrected chi connectivity index (χ4v) is 0.660. The molecule has 1 atom stereocenters. The summed E-state index contributed by atoms with van der Waals surface area (Å²) in [5, 5.41) is 8.84. The third-order valence-corrected chi connectivity index (χ3v) is 1.29. The first-order valence-corrected chi connectivity index (χ1v) is 3.31. The largest absolute Gasteiger partial charge is 0.379 e. The molecular formula is C5H13NOS. The van der Waals surface area contributed by atoms with Crippen molar-refractivity contribution in [1.82, 2.24) is 4.90 Å². The minimum atomic E-state index is -0.345. The summed E-state index contributed by atoms with van der Waals surface area (Å²) in [6.45, 7) is 2.57. The Morgan fingerprint density at radius 2 is 2.25 bits per heavy atom. The predicted molar refractivity (Wildman–Crippen MR) is 38.2 cm³/mol. The summed E-state index contributed by atoms with van der Waals surface area (Å²) in [7, 11) is 1.86. The van der Waals surface area contributed by atoms with Gasteiger partial charge in [0.15, 0.2) is 0 Å². The second kappa shape index (κ2) is 4.18. The average molecular weight is 135 g/mol. The number of aliphatic hydroxyl groups is 1. The lowest BCUT2D eigenvalue weighted by Crippen LogP contribution is -2.30. The Labute approximate surface area is 55.9 Å². The number of thiol groups is 1. The smallest absolute Gasteiger partial charge is 0.104 e. The number of nitrogens with zero attached hydrogens (tertiary/aromatic N) is 1. The molecule has 0 fully saturated rings. The van der Waals surface area contributed by atoms with Crippen molar-refractivity contribution in [2.75, 3.05) is 19.3 Å². The van der Waals surface area contributed by atoms with Crippen molar-refractivity contribution in [2.45, 2.75) is 13.2 Å². The van der Waals surface area contributed by atoms with Crippen molar-refractivity contribution in [1.29, 1.82) is 0 Å². The van der Waals surface area contributed by atoms with Crippen LogP contribution in [0.4, 0.5) is 0 Å². The lowest BCUT2D eigenvalue weighted by Gasteiger charge is -2.17. The van der Waals surface area contributed by atoms with Gasteiger partial charge in [-0.05, 0) is 14.0 Å². The highest BCUT2D eigenvalue weighted by molar-refractivity contribution is 7.80. The van der Waals surface area contributed by atoms with Crippen molar-refractivity contribution < 1.29 is 5.11 Å². The maximum atomic E-state index is 8.84. The fourth-order valence-electron chi connectivity index (χ4n) is 0.345. The van der Waals surface area contributed by atoms with E-state index in [2.05, 4.69) is 12.6 Å². The first-order chi connectivity index (χ1) is 3.68. The molecule has 0 spiro atoms. The Morgan fingerprint density at radius 1 is 1.75 bits per heavy atom. The topological polar surface area (TPSA) is 23.5 Å². The van der Waals surface area contributed by atoms with Crippen LogP contribution in [0.2, 0.25) is 0 Å². The second-order valence-electron chi connectivity index (χ2n) is 1.84. The first-order valence-electron chi connectivity index (χ1n) is 2.67. The molecule has 0 aliphatic carbocycles. The molecular weight excluding hydrogens is 122 g/mol. The van der Waals surface area contributed by atoms with Gasteiger partial charge in [-0.15, -0.1) is 0 Å². The average Bonchev–Trinajstić information content (AvgIpc) is 1.67. The summed E-state index contributed by atoms with van der Waals surface area (Å²) in [5.74, 6) is 0.793. The normalized spacial score (nSPS) is 14.6. The molecule has 0 rings (SSSR count). The molecule has 8 heavy (non-hydrogen) atoms. The molecule has 3 heteroatoms. The quantitative estimate of drug-likeness (QED) is 0.426. The molecule has 0 amide bonds. The highest BCUT2D eigenvalue weighted by atomic mass is 32.1. The van der Waals surface area contributed by atoms with Crippen LogP contribution < -0.4 is 0 Å². The van der Waals surface area contributed by atoms with Gasteiger partial charge in [0, 0.05) is 12.3 Å². The van der Waals surface area contributed by atoms with Crippen LogP contribution in [-0.4, -0.2) is 35.6 Å². The molecule has 1 N–H and O–H groups in total. The SMILES string of the molecule is CC(O)N(C)CCS. The molecule has 0 aromatic rings. The van der Waals surface area contributed by atoms with Gasteiger partial charge in [0.05, 0.1) is 0 Å². The van der Waals surface area contributed by atoms with Crippen molar-refractivity contribution in [3.8, 4) is 0 Å². The van der Waals surface area contributed by atoms with E-state index in [-0.39, 0.29) is 6.23 Å². The molecule has 0 heterocycles. The van der Waals surface area contributed by atoms with E-state index < -0.39 is 0 Å². The van der Waals surface area contributed by atoms with Gasteiger partial charge in [-0.25, -0.2) is 0 Å². The van der Waals surface area contributed by atoms with E-state index in [1.807, 2.05) is 11.9 Å². The van der Waals surface area contributed by atoms with Crippen molar-refractivity contribution in [3.05, 3.63) is 0 Å². The predicted octanol–water partition coefficient (Wildman–Crippen LogP) is 0.186. The van der Waals surface area contributed by atoms with E-state index in [9.17, 15) is 0 Å². The van der Waals surface area contributed by atoms with Gasteiger partial charge in [0.2, 0.25) is 0 Å². The maximum Gasteiger partial charge on any atom is 0.104 e. The standard InChI is InChI=1S/C5H13NOS/c1-5(7)6(2)3-4-8/h5,7-8H,3-4H2,1-2H3. The number of aliphatic hydroxyl groups excluding tert-OH is 1. The Morgan fingerprint density at radius 3 is 2.38 bits per heavy atom. The zero-order chi connectivity index (χ0) is 6.57. The molecule has 0 saturated heterocycles. The fraction of sp³-hybridized carbons (Fsp3) is 1.00. The van der Waals surface area contributed by atoms with Gasteiger partial charge < -0.3 is 5.11 Å². The Hall–Kier alpha value is 0.270. The molecule has 1 unspecified atom stereocenters. The highest BCUT2D eigenvalue weighted by Crippen LogP contribution is 1.89. The van der Waals surface area contributed by atoms with Crippen LogP contribution in [0.15, 0.2) is 0 Å². The number of hydrogen-bond donors (Lipinski definition) is 2. The monoisotopic (exact) mass is 135 g/mol. The summed E-state index contributed by atoms with van der Waals surface area (Å²) in [6.07, 6.45) is -0.345. The van der Waals surface area contributed by atoms with Crippen molar-refractivity contribution in [2.24, 2.45) is 0 Å². The lowest BCUT2D eigenvalue weighted by molar-refractivity contribution is 0.0433. The second-order valence-corrected chi connectivity index (χ2v) is 2.28. The van der Waals surface area contributed by atoms with Gasteiger partial charge in [0.25, 0.3) is 0 Å². The molecule has 0 aromatic heterocycles. The molecule has 0 aliphatic rings. The summed E-state index contributed by atoms with van der Waals surface area (Å²) in [6, 6.07) is 0. The van der Waals surface area contributed by atoms with Gasteiger partial charge in [-0.3, -0.25) is 4.90 Å². The molecule has 2 nitrogen and oxygen atoms in total. The molecule has 50 valence electrons. The Bertz CT molecular complexity index is 58.4. The van der Waals surface area contributed by atoms with Crippen LogP contribution in [0, 0.1) is 0 Å². The molecule has 0 aromatic carbocycles. The Balaban J connectivity index is 3.17. The summed E-state index contributed by atoms with van der Waals surface area (Å²) >= 11 is 4.00. The Kier molecular flexibility index (Phi) is 4.32. The van der Waals surface area contributed by atoms with E-state index in [1.54, 1.807) is 6.92 Å². The van der Waals surface area contributed by atoms with Gasteiger partial charge >= 0.3 is 0 Å². The van der Waals surface area contributed by atoms with Crippen LogP contribution in [0.5, 0.6) is 0 Å². The third kappa shape index (κ3) is 3.29. The van der Waals surface area contributed by atoms with E-state index in [0.717, 1.165) is 12.3 Å². The van der Waals surface area contributed by atoms with Crippen LogP contribution >= 0.6 is 12.6 Å². The van der Waals surface area contributed by atoms with E-state index in [1.165, 1.54) is 0 Å². The summed E-state index contributed by atoms with van der Waals surface area (Å²) in [5.41, 5.74) is 0. The zero-order valence-corrected chi connectivity index (χ0v) is 6.23. The van der Waals surface area contributed by atoms with E-state index >= 15 is 0 Å². The minimum absolute atomic E-state index is 0.345. The molecule has 0 bridgehead atoms. The van der Waals surface area contributed by atoms with E-state index in [4.69, 9.17) is 5.11 Å². The van der Waals surface area contributed by atoms with Crippen molar-refractivity contribution >= 4 is 12.6 Å². The summed E-state index contributed by atoms with van der Waals surface area (Å²) < 4.78 is 0. The summed E-state index contributed by atoms with van der Waals surface area (Å²) in [4.78, 5) is 1.83. The molecule has 0 saturated carbocycles. The van der Waals surface area contributed by atoms with Crippen molar-refractivity contribution in [3.63, 3.8) is 0 Å². The van der Waals surface area contributed by atoms with Gasteiger partial charge in [-0.1, -0.05) is 0 Å². The molecule has 0 aliphatic heterocycles. The maximum absolute atomic E-state index is 8.84. The van der Waals surface area contributed by atoms with Gasteiger partial charge in [0.1, 0.15) is 6.23 Å². The van der Waals surface area contributed by atoms with Crippen LogP contribution in [0.25, 0.3) is 0 Å².